The van der Waals surface area contributed by atoms with Gasteiger partial charge in [-0.3, -0.25) is 0 Å². The topological polar surface area (TPSA) is 21.3 Å². The number of hydrogen-bond acceptors (Lipinski definition) is 2. The molecule has 3 heteroatoms. The molecule has 1 unspecified atom stereocenters. The third-order valence-corrected chi connectivity index (χ3v) is 2.99. The summed E-state index contributed by atoms with van der Waals surface area (Å²) in [6.07, 6.45) is 1.18. The Balaban J connectivity index is 2.49. The van der Waals surface area contributed by atoms with E-state index < -0.39 is 0 Å². The molecule has 1 rings (SSSR count). The second-order valence-corrected chi connectivity index (χ2v) is 5.29. The lowest BCUT2D eigenvalue weighted by molar-refractivity contribution is 0.414. The normalized spacial score (nSPS) is 12.8. The minimum absolute atomic E-state index is 0.524. The van der Waals surface area contributed by atoms with Crippen LogP contribution in [0.1, 0.15) is 32.8 Å². The lowest BCUT2D eigenvalue weighted by atomic mass is 10.1. The van der Waals surface area contributed by atoms with Gasteiger partial charge in [0, 0.05) is 12.6 Å². The van der Waals surface area contributed by atoms with Gasteiger partial charge in [0.05, 0.1) is 12.1 Å². The predicted molar refractivity (Wildman–Crippen MR) is 73.8 cm³/mol. The number of ether oxygens (including phenoxy) is 1. The maximum atomic E-state index is 6.08. The van der Waals surface area contributed by atoms with Crippen LogP contribution in [0.4, 0.5) is 0 Å². The molecule has 0 fully saturated rings. The van der Waals surface area contributed by atoms with Crippen molar-refractivity contribution in [2.24, 2.45) is 5.92 Å². The van der Waals surface area contributed by atoms with Crippen molar-refractivity contribution >= 4 is 11.6 Å². The molecule has 0 spiro atoms. The molecule has 1 N–H and O–H groups in total. The molecule has 1 atom stereocenters. The summed E-state index contributed by atoms with van der Waals surface area (Å²) in [4.78, 5) is 0. The Morgan fingerprint density at radius 1 is 1.29 bits per heavy atom. The molecule has 0 amide bonds. The Bertz CT molecular complexity index is 352. The van der Waals surface area contributed by atoms with Crippen molar-refractivity contribution in [2.75, 3.05) is 7.11 Å². The van der Waals surface area contributed by atoms with Crippen LogP contribution in [0.3, 0.4) is 0 Å². The first-order chi connectivity index (χ1) is 8.02. The Labute approximate surface area is 109 Å². The average Bonchev–Trinajstić information content (AvgIpc) is 2.25. The van der Waals surface area contributed by atoms with Gasteiger partial charge in [-0.05, 0) is 37.0 Å². The molecule has 1 aromatic rings. The lowest BCUT2D eigenvalue weighted by Crippen LogP contribution is -2.26. The van der Waals surface area contributed by atoms with Crippen molar-refractivity contribution in [3.63, 3.8) is 0 Å². The van der Waals surface area contributed by atoms with Crippen LogP contribution in [-0.2, 0) is 6.54 Å². The quantitative estimate of drug-likeness (QED) is 0.833. The molecule has 0 aliphatic heterocycles. The first-order valence-corrected chi connectivity index (χ1v) is 6.46. The Hall–Kier alpha value is -0.730. The van der Waals surface area contributed by atoms with Crippen molar-refractivity contribution < 1.29 is 4.74 Å². The summed E-state index contributed by atoms with van der Waals surface area (Å²) in [7, 11) is 1.63. The van der Waals surface area contributed by atoms with Crippen LogP contribution in [0.2, 0.25) is 5.02 Å². The molecule has 0 saturated carbocycles. The molecule has 0 aromatic heterocycles. The Kier molecular flexibility index (Phi) is 5.79. The van der Waals surface area contributed by atoms with Crippen LogP contribution in [-0.4, -0.2) is 13.2 Å². The monoisotopic (exact) mass is 255 g/mol. The van der Waals surface area contributed by atoms with Gasteiger partial charge in [0.2, 0.25) is 0 Å². The van der Waals surface area contributed by atoms with Gasteiger partial charge in [-0.25, -0.2) is 0 Å². The van der Waals surface area contributed by atoms with E-state index in [1.54, 1.807) is 7.11 Å². The van der Waals surface area contributed by atoms with E-state index in [2.05, 4.69) is 26.1 Å². The van der Waals surface area contributed by atoms with Gasteiger partial charge in [-0.15, -0.1) is 0 Å². The summed E-state index contributed by atoms with van der Waals surface area (Å²) >= 11 is 6.08. The third kappa shape index (κ3) is 4.97. The van der Waals surface area contributed by atoms with Gasteiger partial charge in [0.1, 0.15) is 5.75 Å². The fourth-order valence-electron chi connectivity index (χ4n) is 1.90. The van der Waals surface area contributed by atoms with Crippen LogP contribution in [0.15, 0.2) is 18.2 Å². The summed E-state index contributed by atoms with van der Waals surface area (Å²) in [5, 5.41) is 4.17. The predicted octanol–water partition coefficient (Wildman–Crippen LogP) is 3.87. The van der Waals surface area contributed by atoms with E-state index in [9.17, 15) is 0 Å². The van der Waals surface area contributed by atoms with Crippen LogP contribution in [0.25, 0.3) is 0 Å². The standard InChI is InChI=1S/C14H22ClNO/c1-10(2)7-11(3)16-9-12-5-6-14(17-4)13(15)8-12/h5-6,8,10-11,16H,7,9H2,1-4H3. The van der Waals surface area contributed by atoms with Crippen LogP contribution >= 0.6 is 11.6 Å². The van der Waals surface area contributed by atoms with E-state index in [4.69, 9.17) is 16.3 Å². The van der Waals surface area contributed by atoms with Crippen molar-refractivity contribution in [1.82, 2.24) is 5.32 Å². The van der Waals surface area contributed by atoms with Crippen molar-refractivity contribution in [3.05, 3.63) is 28.8 Å². The highest BCUT2D eigenvalue weighted by molar-refractivity contribution is 6.32. The molecule has 0 saturated heterocycles. The van der Waals surface area contributed by atoms with Gasteiger partial charge in [-0.1, -0.05) is 31.5 Å². The fraction of sp³-hybridized carbons (Fsp3) is 0.571. The van der Waals surface area contributed by atoms with Gasteiger partial charge in [0.15, 0.2) is 0 Å². The minimum Gasteiger partial charge on any atom is -0.495 e. The summed E-state index contributed by atoms with van der Waals surface area (Å²) in [5.41, 5.74) is 1.19. The average molecular weight is 256 g/mol. The highest BCUT2D eigenvalue weighted by atomic mass is 35.5. The summed E-state index contributed by atoms with van der Waals surface area (Å²) in [6, 6.07) is 6.43. The Morgan fingerprint density at radius 2 is 2.00 bits per heavy atom. The lowest BCUT2D eigenvalue weighted by Gasteiger charge is -2.16. The summed E-state index contributed by atoms with van der Waals surface area (Å²) < 4.78 is 5.13. The molecule has 0 heterocycles. The molecule has 17 heavy (non-hydrogen) atoms. The van der Waals surface area contributed by atoms with Crippen LogP contribution < -0.4 is 10.1 Å². The van der Waals surface area contributed by atoms with E-state index >= 15 is 0 Å². The van der Waals surface area contributed by atoms with E-state index in [1.165, 1.54) is 12.0 Å². The zero-order valence-electron chi connectivity index (χ0n) is 11.1. The van der Waals surface area contributed by atoms with Gasteiger partial charge in [-0.2, -0.15) is 0 Å². The van der Waals surface area contributed by atoms with Crippen molar-refractivity contribution in [3.8, 4) is 5.75 Å². The largest absolute Gasteiger partial charge is 0.495 e. The fourth-order valence-corrected chi connectivity index (χ4v) is 2.18. The van der Waals surface area contributed by atoms with Gasteiger partial charge < -0.3 is 10.1 Å². The molecule has 96 valence electrons. The summed E-state index contributed by atoms with van der Waals surface area (Å²) in [6.45, 7) is 7.54. The van der Waals surface area contributed by atoms with Gasteiger partial charge in [0.25, 0.3) is 0 Å². The highest BCUT2D eigenvalue weighted by Gasteiger charge is 2.06. The molecule has 1 aromatic carbocycles. The van der Waals surface area contributed by atoms with E-state index in [1.807, 2.05) is 18.2 Å². The van der Waals surface area contributed by atoms with Crippen molar-refractivity contribution in [1.29, 1.82) is 0 Å². The zero-order chi connectivity index (χ0) is 12.8. The van der Waals surface area contributed by atoms with E-state index in [0.29, 0.717) is 11.1 Å². The summed E-state index contributed by atoms with van der Waals surface area (Å²) in [5.74, 6) is 1.45. The molecule has 0 aliphatic rings. The van der Waals surface area contributed by atoms with E-state index in [-0.39, 0.29) is 0 Å². The molecule has 0 radical (unpaired) electrons. The van der Waals surface area contributed by atoms with Crippen molar-refractivity contribution in [2.45, 2.75) is 39.8 Å². The molecule has 2 nitrogen and oxygen atoms in total. The maximum Gasteiger partial charge on any atom is 0.137 e. The van der Waals surface area contributed by atoms with Gasteiger partial charge >= 0.3 is 0 Å². The number of hydrogen-bond donors (Lipinski definition) is 1. The minimum atomic E-state index is 0.524. The number of benzene rings is 1. The molecule has 0 bridgehead atoms. The van der Waals surface area contributed by atoms with Crippen LogP contribution in [0.5, 0.6) is 5.75 Å². The first-order valence-electron chi connectivity index (χ1n) is 6.08. The van der Waals surface area contributed by atoms with E-state index in [0.717, 1.165) is 18.2 Å². The maximum absolute atomic E-state index is 6.08. The number of methoxy groups -OCH3 is 1. The second-order valence-electron chi connectivity index (χ2n) is 4.88. The second kappa shape index (κ2) is 6.87. The number of halogens is 1. The Morgan fingerprint density at radius 3 is 2.53 bits per heavy atom. The number of rotatable bonds is 6. The molecular formula is C14H22ClNO. The molecular weight excluding hydrogens is 234 g/mol. The molecule has 0 aliphatic carbocycles. The smallest absolute Gasteiger partial charge is 0.137 e. The van der Waals surface area contributed by atoms with Crippen LogP contribution in [0, 0.1) is 5.92 Å². The zero-order valence-corrected chi connectivity index (χ0v) is 11.8. The SMILES string of the molecule is COc1ccc(CNC(C)CC(C)C)cc1Cl. The highest BCUT2D eigenvalue weighted by Crippen LogP contribution is 2.24. The first kappa shape index (κ1) is 14.3. The third-order valence-electron chi connectivity index (χ3n) is 2.70. The number of nitrogens with one attached hydrogen (secondary N) is 1.